The van der Waals surface area contributed by atoms with Crippen LogP contribution in [-0.4, -0.2) is 18.7 Å². The minimum atomic E-state index is -0.400. The number of epoxide rings is 1. The van der Waals surface area contributed by atoms with E-state index in [1.54, 1.807) is 0 Å². The molecule has 1 aliphatic heterocycles. The number of carbonyl (C=O) groups is 1. The highest BCUT2D eigenvalue weighted by Gasteiger charge is 2.47. The Balaban J connectivity index is 1.84. The molecule has 1 aromatic carbocycles. The predicted octanol–water partition coefficient (Wildman–Crippen LogP) is 3.48. The Labute approximate surface area is 114 Å². The van der Waals surface area contributed by atoms with E-state index in [0.717, 1.165) is 24.8 Å². The van der Waals surface area contributed by atoms with Crippen LogP contribution in [0.2, 0.25) is 0 Å². The zero-order chi connectivity index (χ0) is 13.8. The molecule has 104 valence electrons. The third-order valence-corrected chi connectivity index (χ3v) is 3.45. The SMILES string of the molecule is CCCCCOC(=O)C1OC1c1ccc(C)cc1C. The van der Waals surface area contributed by atoms with Crippen molar-refractivity contribution in [3.63, 3.8) is 0 Å². The second-order valence-corrected chi connectivity index (χ2v) is 5.21. The van der Waals surface area contributed by atoms with E-state index < -0.39 is 6.10 Å². The molecular weight excluding hydrogens is 240 g/mol. The maximum absolute atomic E-state index is 11.8. The quantitative estimate of drug-likeness (QED) is 0.447. The monoisotopic (exact) mass is 262 g/mol. The smallest absolute Gasteiger partial charge is 0.338 e. The zero-order valence-corrected chi connectivity index (χ0v) is 11.9. The van der Waals surface area contributed by atoms with Gasteiger partial charge in [-0.1, -0.05) is 43.5 Å². The summed E-state index contributed by atoms with van der Waals surface area (Å²) < 4.78 is 10.7. The molecule has 0 aliphatic carbocycles. The molecule has 0 aromatic heterocycles. The van der Waals surface area contributed by atoms with Crippen molar-refractivity contribution >= 4 is 5.97 Å². The van der Waals surface area contributed by atoms with E-state index >= 15 is 0 Å². The van der Waals surface area contributed by atoms with Crippen molar-refractivity contribution in [2.24, 2.45) is 0 Å². The Morgan fingerprint density at radius 2 is 2.11 bits per heavy atom. The van der Waals surface area contributed by atoms with Gasteiger partial charge in [0.05, 0.1) is 6.61 Å². The molecular formula is C16H22O3. The minimum Gasteiger partial charge on any atom is -0.464 e. The fourth-order valence-electron chi connectivity index (χ4n) is 2.28. The van der Waals surface area contributed by atoms with Crippen molar-refractivity contribution in [3.05, 3.63) is 34.9 Å². The third kappa shape index (κ3) is 3.57. The topological polar surface area (TPSA) is 38.8 Å². The van der Waals surface area contributed by atoms with Gasteiger partial charge in [-0.15, -0.1) is 0 Å². The first-order valence-corrected chi connectivity index (χ1v) is 7.02. The molecule has 0 N–H and O–H groups in total. The van der Waals surface area contributed by atoms with Crippen LogP contribution in [0.5, 0.6) is 0 Å². The van der Waals surface area contributed by atoms with Gasteiger partial charge in [0.2, 0.25) is 0 Å². The van der Waals surface area contributed by atoms with Crippen molar-refractivity contribution in [1.29, 1.82) is 0 Å². The van der Waals surface area contributed by atoms with Crippen LogP contribution >= 0.6 is 0 Å². The Bertz CT molecular complexity index is 453. The number of hydrogen-bond donors (Lipinski definition) is 0. The van der Waals surface area contributed by atoms with Gasteiger partial charge < -0.3 is 9.47 Å². The van der Waals surface area contributed by atoms with Crippen LogP contribution in [-0.2, 0) is 14.3 Å². The van der Waals surface area contributed by atoms with Gasteiger partial charge in [-0.05, 0) is 31.4 Å². The van der Waals surface area contributed by atoms with Gasteiger partial charge in [0, 0.05) is 0 Å². The van der Waals surface area contributed by atoms with Gasteiger partial charge in [0.1, 0.15) is 6.10 Å². The third-order valence-electron chi connectivity index (χ3n) is 3.45. The molecule has 1 fully saturated rings. The molecule has 0 radical (unpaired) electrons. The maximum atomic E-state index is 11.8. The van der Waals surface area contributed by atoms with Gasteiger partial charge >= 0.3 is 5.97 Å². The van der Waals surface area contributed by atoms with E-state index in [1.165, 1.54) is 11.1 Å². The lowest BCUT2D eigenvalue weighted by atomic mass is 10.0. The number of benzene rings is 1. The van der Waals surface area contributed by atoms with Crippen LogP contribution in [0.4, 0.5) is 0 Å². The number of carbonyl (C=O) groups excluding carboxylic acids is 1. The molecule has 19 heavy (non-hydrogen) atoms. The number of esters is 1. The summed E-state index contributed by atoms with van der Waals surface area (Å²) in [7, 11) is 0. The minimum absolute atomic E-state index is 0.112. The van der Waals surface area contributed by atoms with E-state index in [-0.39, 0.29) is 12.1 Å². The molecule has 0 bridgehead atoms. The highest BCUT2D eigenvalue weighted by atomic mass is 16.6. The molecule has 2 unspecified atom stereocenters. The average molecular weight is 262 g/mol. The molecule has 1 aliphatic rings. The van der Waals surface area contributed by atoms with E-state index in [0.29, 0.717) is 6.61 Å². The summed E-state index contributed by atoms with van der Waals surface area (Å²) in [5, 5.41) is 0. The summed E-state index contributed by atoms with van der Waals surface area (Å²) in [6.07, 6.45) is 2.65. The Kier molecular flexibility index (Phi) is 4.59. The van der Waals surface area contributed by atoms with Crippen molar-refractivity contribution < 1.29 is 14.3 Å². The molecule has 1 aromatic rings. The van der Waals surface area contributed by atoms with E-state index in [2.05, 4.69) is 19.9 Å². The molecule has 1 saturated heterocycles. The van der Waals surface area contributed by atoms with E-state index in [4.69, 9.17) is 9.47 Å². The van der Waals surface area contributed by atoms with Gasteiger partial charge in [-0.2, -0.15) is 0 Å². The first kappa shape index (κ1) is 14.1. The van der Waals surface area contributed by atoms with Crippen LogP contribution in [0.1, 0.15) is 49.0 Å². The van der Waals surface area contributed by atoms with Crippen LogP contribution < -0.4 is 0 Å². The highest BCUT2D eigenvalue weighted by Crippen LogP contribution is 2.41. The number of unbranched alkanes of at least 4 members (excludes halogenated alkanes) is 2. The van der Waals surface area contributed by atoms with Crippen molar-refractivity contribution in [3.8, 4) is 0 Å². The van der Waals surface area contributed by atoms with E-state index in [9.17, 15) is 4.79 Å². The van der Waals surface area contributed by atoms with Gasteiger partial charge in [0.15, 0.2) is 6.10 Å². The molecule has 1 heterocycles. The van der Waals surface area contributed by atoms with Crippen LogP contribution in [0.3, 0.4) is 0 Å². The summed E-state index contributed by atoms with van der Waals surface area (Å²) in [6, 6.07) is 6.20. The molecule has 2 rings (SSSR count). The predicted molar refractivity (Wildman–Crippen MR) is 74.0 cm³/mol. The summed E-state index contributed by atoms with van der Waals surface area (Å²) in [6.45, 7) is 6.74. The second-order valence-electron chi connectivity index (χ2n) is 5.21. The summed E-state index contributed by atoms with van der Waals surface area (Å²) in [4.78, 5) is 11.8. The van der Waals surface area contributed by atoms with Crippen LogP contribution in [0, 0.1) is 13.8 Å². The van der Waals surface area contributed by atoms with Crippen molar-refractivity contribution in [2.75, 3.05) is 6.61 Å². The molecule has 3 nitrogen and oxygen atoms in total. The lowest BCUT2D eigenvalue weighted by Gasteiger charge is -2.04. The van der Waals surface area contributed by atoms with Gasteiger partial charge in [0.25, 0.3) is 0 Å². The first-order chi connectivity index (χ1) is 9.13. The summed E-state index contributed by atoms with van der Waals surface area (Å²) >= 11 is 0. The normalized spacial score (nSPS) is 21.2. The number of hydrogen-bond acceptors (Lipinski definition) is 3. The lowest BCUT2D eigenvalue weighted by molar-refractivity contribution is -0.145. The van der Waals surface area contributed by atoms with E-state index in [1.807, 2.05) is 19.1 Å². The zero-order valence-electron chi connectivity index (χ0n) is 11.9. The molecule has 0 saturated carbocycles. The molecule has 3 heteroatoms. The Morgan fingerprint density at radius 1 is 1.32 bits per heavy atom. The lowest BCUT2D eigenvalue weighted by Crippen LogP contribution is -2.13. The van der Waals surface area contributed by atoms with Gasteiger partial charge in [-0.25, -0.2) is 4.79 Å². The molecule has 0 spiro atoms. The number of aryl methyl sites for hydroxylation is 2. The largest absolute Gasteiger partial charge is 0.464 e. The average Bonchev–Trinajstić information content (AvgIpc) is 3.14. The highest BCUT2D eigenvalue weighted by molar-refractivity contribution is 5.78. The maximum Gasteiger partial charge on any atom is 0.338 e. The summed E-state index contributed by atoms with van der Waals surface area (Å²) in [5.74, 6) is -0.221. The fraction of sp³-hybridized carbons (Fsp3) is 0.562. The number of rotatable bonds is 6. The molecule has 0 amide bonds. The van der Waals surface area contributed by atoms with Crippen LogP contribution in [0.25, 0.3) is 0 Å². The van der Waals surface area contributed by atoms with Crippen molar-refractivity contribution in [2.45, 2.75) is 52.2 Å². The second kappa shape index (κ2) is 6.20. The van der Waals surface area contributed by atoms with Crippen LogP contribution in [0.15, 0.2) is 18.2 Å². The van der Waals surface area contributed by atoms with Crippen molar-refractivity contribution in [1.82, 2.24) is 0 Å². The first-order valence-electron chi connectivity index (χ1n) is 7.02. The van der Waals surface area contributed by atoms with Gasteiger partial charge in [-0.3, -0.25) is 0 Å². The Hall–Kier alpha value is -1.35. The summed E-state index contributed by atoms with van der Waals surface area (Å²) in [5.41, 5.74) is 3.49. The Morgan fingerprint density at radius 3 is 2.79 bits per heavy atom. The number of ether oxygens (including phenoxy) is 2. The molecule has 2 atom stereocenters. The standard InChI is InChI=1S/C16H22O3/c1-4-5-6-9-18-16(17)15-14(19-15)13-8-7-11(2)10-12(13)3/h7-8,10,14-15H,4-6,9H2,1-3H3. The fourth-order valence-corrected chi connectivity index (χ4v) is 2.28.